The Morgan fingerprint density at radius 3 is 2.68 bits per heavy atom. The summed E-state index contributed by atoms with van der Waals surface area (Å²) >= 11 is 5.84. The molecule has 1 aromatic heterocycles. The third kappa shape index (κ3) is 4.71. The van der Waals surface area contributed by atoms with Gasteiger partial charge in [-0.25, -0.2) is 13.2 Å². The number of aromatic nitrogens is 1. The number of benzene rings is 1. The number of hydrogen-bond acceptors (Lipinski definition) is 5. The average Bonchev–Trinajstić information content (AvgIpc) is 2.86. The number of likely N-dealkylation sites (N-methyl/N-ethyl adjacent to an activating group) is 1. The van der Waals surface area contributed by atoms with Gasteiger partial charge >= 0.3 is 6.03 Å². The van der Waals surface area contributed by atoms with Gasteiger partial charge in [-0.3, -0.25) is 0 Å². The maximum atomic E-state index is 12.5. The highest BCUT2D eigenvalue weighted by molar-refractivity contribution is 7.89. The van der Waals surface area contributed by atoms with Crippen LogP contribution < -0.4 is 10.6 Å². The van der Waals surface area contributed by atoms with Crippen LogP contribution in [-0.4, -0.2) is 44.0 Å². The number of rotatable bonds is 6. The Bertz CT molecular complexity index is 847. The molecule has 2 N–H and O–H groups in total. The first kappa shape index (κ1) is 19.2. The third-order valence-electron chi connectivity index (χ3n) is 3.43. The lowest BCUT2D eigenvalue weighted by Crippen LogP contribution is -2.38. The van der Waals surface area contributed by atoms with Crippen molar-refractivity contribution in [3.8, 4) is 0 Å². The van der Waals surface area contributed by atoms with E-state index < -0.39 is 16.1 Å². The van der Waals surface area contributed by atoms with Gasteiger partial charge in [0.25, 0.3) is 0 Å². The van der Waals surface area contributed by atoms with Crippen molar-refractivity contribution in [3.05, 3.63) is 40.7 Å². The monoisotopic (exact) mass is 386 g/mol. The predicted octanol–water partition coefficient (Wildman–Crippen LogP) is 2.39. The quantitative estimate of drug-likeness (QED) is 0.793. The summed E-state index contributed by atoms with van der Waals surface area (Å²) in [7, 11) is -2.30. The van der Waals surface area contributed by atoms with Gasteiger partial charge < -0.3 is 15.2 Å². The fourth-order valence-corrected chi connectivity index (χ4v) is 3.83. The Morgan fingerprint density at radius 2 is 2.08 bits per heavy atom. The molecule has 0 spiro atoms. The van der Waals surface area contributed by atoms with E-state index in [1.807, 2.05) is 0 Å². The Morgan fingerprint density at radius 1 is 1.36 bits per heavy atom. The van der Waals surface area contributed by atoms with Gasteiger partial charge in [-0.2, -0.15) is 4.31 Å². The van der Waals surface area contributed by atoms with Crippen LogP contribution in [0.15, 0.2) is 33.7 Å². The molecule has 1 heterocycles. The molecule has 0 radical (unpaired) electrons. The first-order valence-electron chi connectivity index (χ1n) is 7.41. The molecule has 1 aromatic carbocycles. The van der Waals surface area contributed by atoms with Crippen molar-refractivity contribution in [2.24, 2.45) is 0 Å². The van der Waals surface area contributed by atoms with Crippen molar-refractivity contribution in [3.63, 3.8) is 0 Å². The molecule has 136 valence electrons. The van der Waals surface area contributed by atoms with Crippen molar-refractivity contribution >= 4 is 33.3 Å². The lowest BCUT2D eigenvalue weighted by atomic mass is 10.3. The minimum absolute atomic E-state index is 0.0541. The van der Waals surface area contributed by atoms with Gasteiger partial charge in [0.05, 0.1) is 0 Å². The highest BCUT2D eigenvalue weighted by atomic mass is 35.5. The lowest BCUT2D eigenvalue weighted by molar-refractivity contribution is 0.251. The minimum atomic E-state index is -3.73. The van der Waals surface area contributed by atoms with E-state index in [0.29, 0.717) is 16.4 Å². The molecule has 2 aromatic rings. The van der Waals surface area contributed by atoms with Crippen LogP contribution in [-0.2, 0) is 10.0 Å². The molecule has 0 aliphatic carbocycles. The van der Waals surface area contributed by atoms with Crippen molar-refractivity contribution in [1.82, 2.24) is 14.8 Å². The van der Waals surface area contributed by atoms with Crippen LogP contribution in [0.5, 0.6) is 0 Å². The second kappa shape index (κ2) is 7.85. The molecular formula is C15H19ClN4O4S. The maximum Gasteiger partial charge on any atom is 0.319 e. The van der Waals surface area contributed by atoms with Crippen LogP contribution in [0.25, 0.3) is 0 Å². The molecule has 0 unspecified atom stereocenters. The van der Waals surface area contributed by atoms with Crippen LogP contribution in [0.2, 0.25) is 5.02 Å². The van der Waals surface area contributed by atoms with Gasteiger partial charge in [0.2, 0.25) is 10.0 Å². The van der Waals surface area contributed by atoms with E-state index in [2.05, 4.69) is 15.8 Å². The van der Waals surface area contributed by atoms with E-state index in [-0.39, 0.29) is 23.7 Å². The molecule has 0 aliphatic rings. The molecule has 0 fully saturated rings. The first-order valence-corrected chi connectivity index (χ1v) is 9.23. The summed E-state index contributed by atoms with van der Waals surface area (Å²) in [4.78, 5) is 11.9. The van der Waals surface area contributed by atoms with E-state index in [1.165, 1.54) is 14.0 Å². The van der Waals surface area contributed by atoms with E-state index in [4.69, 9.17) is 16.1 Å². The Kier molecular flexibility index (Phi) is 6.04. The Balaban J connectivity index is 1.89. The Hall–Kier alpha value is -2.10. The van der Waals surface area contributed by atoms with Crippen molar-refractivity contribution in [2.45, 2.75) is 18.7 Å². The number of hydrogen-bond donors (Lipinski definition) is 2. The van der Waals surface area contributed by atoms with E-state index in [9.17, 15) is 13.2 Å². The largest absolute Gasteiger partial charge is 0.360 e. The summed E-state index contributed by atoms with van der Waals surface area (Å²) in [5.74, 6) is 0.232. The van der Waals surface area contributed by atoms with Gasteiger partial charge in [0, 0.05) is 30.8 Å². The van der Waals surface area contributed by atoms with Gasteiger partial charge in [-0.1, -0.05) is 22.8 Å². The number of sulfonamides is 1. The summed E-state index contributed by atoms with van der Waals surface area (Å²) in [6.45, 7) is 3.33. The third-order valence-corrected chi connectivity index (χ3v) is 5.77. The summed E-state index contributed by atoms with van der Waals surface area (Å²) in [5.41, 5.74) is 0.845. The molecule has 8 nitrogen and oxygen atoms in total. The van der Waals surface area contributed by atoms with Crippen LogP contribution >= 0.6 is 11.6 Å². The second-order valence-electron chi connectivity index (χ2n) is 5.37. The number of amides is 2. The SMILES string of the molecule is Cc1noc(C)c1S(=O)(=O)N(C)CCNC(=O)Nc1cccc(Cl)c1. The van der Waals surface area contributed by atoms with Crippen LogP contribution in [0.3, 0.4) is 0 Å². The van der Waals surface area contributed by atoms with Crippen molar-refractivity contribution < 1.29 is 17.7 Å². The number of halogens is 1. The molecular weight excluding hydrogens is 368 g/mol. The van der Waals surface area contributed by atoms with Gasteiger partial charge in [0.1, 0.15) is 10.6 Å². The number of nitrogens with zero attached hydrogens (tertiary/aromatic N) is 2. The number of nitrogens with one attached hydrogen (secondary N) is 2. The normalized spacial score (nSPS) is 11.6. The van der Waals surface area contributed by atoms with Gasteiger partial charge in [-0.15, -0.1) is 0 Å². The zero-order valence-corrected chi connectivity index (χ0v) is 15.6. The summed E-state index contributed by atoms with van der Waals surface area (Å²) in [6.07, 6.45) is 0. The van der Waals surface area contributed by atoms with Crippen LogP contribution in [0, 0.1) is 13.8 Å². The molecule has 0 atom stereocenters. The van der Waals surface area contributed by atoms with E-state index >= 15 is 0 Å². The molecule has 0 saturated heterocycles. The molecule has 10 heteroatoms. The number of urea groups is 1. The Labute approximate surface area is 151 Å². The fourth-order valence-electron chi connectivity index (χ4n) is 2.19. The maximum absolute atomic E-state index is 12.5. The van der Waals surface area contributed by atoms with E-state index in [0.717, 1.165) is 4.31 Å². The molecule has 2 amide bonds. The summed E-state index contributed by atoms with van der Waals surface area (Å²) in [5, 5.41) is 9.36. The number of carbonyl (C=O) groups excluding carboxylic acids is 1. The zero-order chi connectivity index (χ0) is 18.6. The number of anilines is 1. The van der Waals surface area contributed by atoms with E-state index in [1.54, 1.807) is 31.2 Å². The van der Waals surface area contributed by atoms with Gasteiger partial charge in [-0.05, 0) is 32.0 Å². The standard InChI is InChI=1S/C15H19ClN4O4S/c1-10-14(11(2)24-19-10)25(22,23)20(3)8-7-17-15(21)18-13-6-4-5-12(16)9-13/h4-6,9H,7-8H2,1-3H3,(H2,17,18,21). The van der Waals surface area contributed by atoms with Crippen molar-refractivity contribution in [2.75, 3.05) is 25.5 Å². The lowest BCUT2D eigenvalue weighted by Gasteiger charge is -2.17. The summed E-state index contributed by atoms with van der Waals surface area (Å²) < 4.78 is 31.1. The molecule has 0 aliphatic heterocycles. The number of carbonyl (C=O) groups is 1. The predicted molar refractivity (Wildman–Crippen MR) is 94.3 cm³/mol. The van der Waals surface area contributed by atoms with Crippen LogP contribution in [0.1, 0.15) is 11.5 Å². The average molecular weight is 387 g/mol. The molecule has 25 heavy (non-hydrogen) atoms. The molecule has 0 saturated carbocycles. The first-order chi connectivity index (χ1) is 11.7. The minimum Gasteiger partial charge on any atom is -0.360 e. The zero-order valence-electron chi connectivity index (χ0n) is 14.0. The molecule has 2 rings (SSSR count). The molecule has 0 bridgehead atoms. The highest BCUT2D eigenvalue weighted by Crippen LogP contribution is 2.22. The van der Waals surface area contributed by atoms with Crippen molar-refractivity contribution in [1.29, 1.82) is 0 Å². The second-order valence-corrected chi connectivity index (χ2v) is 7.79. The summed E-state index contributed by atoms with van der Waals surface area (Å²) in [6, 6.07) is 6.25. The topological polar surface area (TPSA) is 105 Å². The fraction of sp³-hybridized carbons (Fsp3) is 0.333. The van der Waals surface area contributed by atoms with Crippen LogP contribution in [0.4, 0.5) is 10.5 Å². The van der Waals surface area contributed by atoms with Gasteiger partial charge in [0.15, 0.2) is 5.76 Å². The smallest absolute Gasteiger partial charge is 0.319 e. The number of aryl methyl sites for hydroxylation is 2. The highest BCUT2D eigenvalue weighted by Gasteiger charge is 2.28.